The highest BCUT2D eigenvalue weighted by Gasteiger charge is 2.20. The molecule has 0 aliphatic heterocycles. The summed E-state index contributed by atoms with van der Waals surface area (Å²) < 4.78 is 3.26. The summed E-state index contributed by atoms with van der Waals surface area (Å²) in [5.74, 6) is 0. The van der Waals surface area contributed by atoms with E-state index in [2.05, 4.69) is 113 Å². The molecule has 0 unspecified atom stereocenters. The third-order valence-electron chi connectivity index (χ3n) is 5.49. The van der Waals surface area contributed by atoms with Gasteiger partial charge in [-0.3, -0.25) is 0 Å². The van der Waals surface area contributed by atoms with Gasteiger partial charge in [0.2, 0.25) is 0 Å². The number of para-hydroxylation sites is 2. The summed E-state index contributed by atoms with van der Waals surface area (Å²) in [4.78, 5) is 11.2. The van der Waals surface area contributed by atoms with Crippen LogP contribution < -0.4 is 0 Å². The highest BCUT2D eigenvalue weighted by molar-refractivity contribution is 9.10. The van der Waals surface area contributed by atoms with Gasteiger partial charge in [0.15, 0.2) is 4.34 Å². The molecule has 0 fully saturated rings. The number of thiazole rings is 1. The first kappa shape index (κ1) is 20.6. The summed E-state index contributed by atoms with van der Waals surface area (Å²) in [6, 6.07) is 35.7. The molecule has 33 heavy (non-hydrogen) atoms. The first-order valence-corrected chi connectivity index (χ1v) is 13.0. The van der Waals surface area contributed by atoms with E-state index in [0.717, 1.165) is 41.4 Å². The third kappa shape index (κ3) is 3.97. The fourth-order valence-corrected chi connectivity index (χ4v) is 6.53. The molecule has 0 aliphatic carbocycles. The molecule has 6 aromatic rings. The molecule has 0 saturated carbocycles. The number of aromatic nitrogens is 2. The molecule has 0 bridgehead atoms. The topological polar surface area (TPSA) is 25.8 Å². The molecule has 0 atom stereocenters. The molecule has 2 nitrogen and oxygen atoms in total. The van der Waals surface area contributed by atoms with Gasteiger partial charge in [-0.15, -0.1) is 11.3 Å². The van der Waals surface area contributed by atoms with Crippen LogP contribution in [0, 0.1) is 0 Å². The molecular weight excluding hydrogens is 508 g/mol. The van der Waals surface area contributed by atoms with Crippen LogP contribution in [-0.2, 0) is 0 Å². The lowest BCUT2D eigenvalue weighted by atomic mass is 9.98. The standard InChI is InChI=1S/C28H17BrN2S2/c29-20-16-14-19(15-17-20)26-27(33-28-31-23-12-6-7-13-24(23)32-28)25(18-8-2-1-3-9-18)21-10-4-5-11-22(21)30-26/h1-17H. The predicted octanol–water partition coefficient (Wildman–Crippen LogP) is 9.09. The maximum Gasteiger partial charge on any atom is 0.156 e. The Bertz CT molecular complexity index is 1560. The van der Waals surface area contributed by atoms with Gasteiger partial charge in [0.05, 0.1) is 21.4 Å². The second-order valence-electron chi connectivity index (χ2n) is 7.60. The van der Waals surface area contributed by atoms with Gasteiger partial charge in [-0.1, -0.05) is 100 Å². The number of benzene rings is 4. The minimum atomic E-state index is 0.976. The molecule has 2 heterocycles. The summed E-state index contributed by atoms with van der Waals surface area (Å²) in [7, 11) is 0. The van der Waals surface area contributed by atoms with E-state index in [9.17, 15) is 0 Å². The SMILES string of the molecule is Brc1ccc(-c2nc3ccccc3c(-c3ccccc3)c2Sc2nc3ccccc3s2)cc1. The van der Waals surface area contributed by atoms with Crippen LogP contribution in [0.15, 0.2) is 117 Å². The second kappa shape index (κ2) is 8.75. The van der Waals surface area contributed by atoms with Gasteiger partial charge in [0.25, 0.3) is 0 Å². The molecule has 5 heteroatoms. The van der Waals surface area contributed by atoms with Crippen molar-refractivity contribution in [2.45, 2.75) is 9.24 Å². The molecule has 2 aromatic heterocycles. The number of pyridine rings is 1. The largest absolute Gasteiger partial charge is 0.247 e. The normalized spacial score (nSPS) is 11.3. The van der Waals surface area contributed by atoms with Crippen molar-refractivity contribution in [2.75, 3.05) is 0 Å². The Morgan fingerprint density at radius 3 is 2.12 bits per heavy atom. The van der Waals surface area contributed by atoms with Crippen LogP contribution in [0.2, 0.25) is 0 Å². The zero-order valence-electron chi connectivity index (χ0n) is 17.4. The van der Waals surface area contributed by atoms with Crippen LogP contribution in [0.5, 0.6) is 0 Å². The molecule has 0 saturated heterocycles. The maximum absolute atomic E-state index is 5.15. The molecule has 0 radical (unpaired) electrons. The summed E-state index contributed by atoms with van der Waals surface area (Å²) in [5.41, 5.74) is 6.46. The lowest BCUT2D eigenvalue weighted by Gasteiger charge is -2.17. The van der Waals surface area contributed by atoms with E-state index in [1.54, 1.807) is 23.1 Å². The van der Waals surface area contributed by atoms with Crippen LogP contribution in [-0.4, -0.2) is 9.97 Å². The van der Waals surface area contributed by atoms with Gasteiger partial charge in [0.1, 0.15) is 0 Å². The van der Waals surface area contributed by atoms with Crippen molar-refractivity contribution in [3.8, 4) is 22.4 Å². The molecule has 0 N–H and O–H groups in total. The van der Waals surface area contributed by atoms with Crippen molar-refractivity contribution >= 4 is 60.1 Å². The Balaban J connectivity index is 1.66. The van der Waals surface area contributed by atoms with Gasteiger partial charge in [-0.05, 0) is 35.9 Å². The number of fused-ring (bicyclic) bond motifs is 2. The van der Waals surface area contributed by atoms with Gasteiger partial charge in [-0.2, -0.15) is 0 Å². The van der Waals surface area contributed by atoms with Crippen molar-refractivity contribution < 1.29 is 0 Å². The molecular formula is C28H17BrN2S2. The van der Waals surface area contributed by atoms with Crippen molar-refractivity contribution in [1.29, 1.82) is 0 Å². The van der Waals surface area contributed by atoms with Crippen LogP contribution in [0.3, 0.4) is 0 Å². The smallest absolute Gasteiger partial charge is 0.156 e. The first-order valence-electron chi connectivity index (χ1n) is 10.5. The van der Waals surface area contributed by atoms with E-state index in [4.69, 9.17) is 9.97 Å². The Labute approximate surface area is 208 Å². The van der Waals surface area contributed by atoms with E-state index >= 15 is 0 Å². The fourth-order valence-electron chi connectivity index (χ4n) is 3.97. The highest BCUT2D eigenvalue weighted by atomic mass is 79.9. The van der Waals surface area contributed by atoms with Gasteiger partial charge in [-0.25, -0.2) is 9.97 Å². The van der Waals surface area contributed by atoms with Crippen molar-refractivity contribution in [2.24, 2.45) is 0 Å². The molecule has 6 rings (SSSR count). The third-order valence-corrected chi connectivity index (χ3v) is 8.22. The van der Waals surface area contributed by atoms with E-state index in [1.807, 2.05) is 6.07 Å². The second-order valence-corrected chi connectivity index (χ2v) is 10.8. The Morgan fingerprint density at radius 2 is 1.33 bits per heavy atom. The number of halogens is 1. The van der Waals surface area contributed by atoms with E-state index in [-0.39, 0.29) is 0 Å². The monoisotopic (exact) mass is 524 g/mol. The van der Waals surface area contributed by atoms with Crippen molar-refractivity contribution in [1.82, 2.24) is 9.97 Å². The zero-order valence-corrected chi connectivity index (χ0v) is 20.6. The zero-order chi connectivity index (χ0) is 22.2. The number of nitrogens with zero attached hydrogens (tertiary/aromatic N) is 2. The van der Waals surface area contributed by atoms with E-state index in [0.29, 0.717) is 0 Å². The van der Waals surface area contributed by atoms with Crippen molar-refractivity contribution in [3.05, 3.63) is 108 Å². The van der Waals surface area contributed by atoms with E-state index in [1.165, 1.54) is 15.8 Å². The van der Waals surface area contributed by atoms with Gasteiger partial charge < -0.3 is 0 Å². The van der Waals surface area contributed by atoms with E-state index < -0.39 is 0 Å². The average molecular weight is 525 g/mol. The van der Waals surface area contributed by atoms with Gasteiger partial charge in [0, 0.05) is 25.9 Å². The van der Waals surface area contributed by atoms with Crippen LogP contribution in [0.25, 0.3) is 43.5 Å². The maximum atomic E-state index is 5.15. The summed E-state index contributed by atoms with van der Waals surface area (Å²) >= 11 is 7.00. The number of hydrogen-bond donors (Lipinski definition) is 0. The lowest BCUT2D eigenvalue weighted by molar-refractivity contribution is 1.27. The minimum Gasteiger partial charge on any atom is -0.247 e. The Morgan fingerprint density at radius 1 is 0.636 bits per heavy atom. The number of hydrogen-bond acceptors (Lipinski definition) is 4. The summed E-state index contributed by atoms with van der Waals surface area (Å²) in [6.45, 7) is 0. The summed E-state index contributed by atoms with van der Waals surface area (Å²) in [5, 5.41) is 1.15. The molecule has 158 valence electrons. The average Bonchev–Trinajstić information content (AvgIpc) is 3.27. The lowest BCUT2D eigenvalue weighted by Crippen LogP contribution is -1.95. The highest BCUT2D eigenvalue weighted by Crippen LogP contribution is 2.46. The van der Waals surface area contributed by atoms with Crippen LogP contribution in [0.1, 0.15) is 0 Å². The van der Waals surface area contributed by atoms with Crippen LogP contribution >= 0.6 is 39.0 Å². The molecule has 0 amide bonds. The van der Waals surface area contributed by atoms with Crippen molar-refractivity contribution in [3.63, 3.8) is 0 Å². The summed E-state index contributed by atoms with van der Waals surface area (Å²) in [6.07, 6.45) is 0. The molecule has 0 aliphatic rings. The number of rotatable bonds is 4. The minimum absolute atomic E-state index is 0.976. The van der Waals surface area contributed by atoms with Gasteiger partial charge >= 0.3 is 0 Å². The molecule has 4 aromatic carbocycles. The first-order chi connectivity index (χ1) is 16.3. The Kier molecular flexibility index (Phi) is 5.46. The predicted molar refractivity (Wildman–Crippen MR) is 144 cm³/mol. The fraction of sp³-hybridized carbons (Fsp3) is 0. The molecule has 0 spiro atoms. The quantitative estimate of drug-likeness (QED) is 0.230. The Hall–Kier alpha value is -2.99. The van der Waals surface area contributed by atoms with Crippen LogP contribution in [0.4, 0.5) is 0 Å².